The van der Waals surface area contributed by atoms with Crippen LogP contribution in [0.5, 0.6) is 0 Å². The third-order valence-electron chi connectivity index (χ3n) is 13.4. The van der Waals surface area contributed by atoms with E-state index in [1.807, 2.05) is 0 Å². The van der Waals surface area contributed by atoms with Crippen molar-refractivity contribution in [2.45, 2.75) is 5.41 Å². The Morgan fingerprint density at radius 1 is 0.311 bits per heavy atom. The lowest BCUT2D eigenvalue weighted by atomic mass is 9.70. The molecule has 61 heavy (non-hydrogen) atoms. The van der Waals surface area contributed by atoms with Gasteiger partial charge < -0.3 is 9.47 Å². The van der Waals surface area contributed by atoms with Crippen LogP contribution in [0.4, 0.5) is 17.1 Å². The van der Waals surface area contributed by atoms with Gasteiger partial charge in [0.15, 0.2) is 0 Å². The van der Waals surface area contributed by atoms with Crippen molar-refractivity contribution in [3.05, 3.63) is 253 Å². The highest BCUT2D eigenvalue weighted by Gasteiger charge is 2.51. The molecule has 0 aliphatic heterocycles. The van der Waals surface area contributed by atoms with E-state index in [1.54, 1.807) is 0 Å². The second kappa shape index (κ2) is 13.0. The average molecular weight is 775 g/mol. The summed E-state index contributed by atoms with van der Waals surface area (Å²) in [7, 11) is 0. The maximum absolute atomic E-state index is 2.49. The predicted molar refractivity (Wildman–Crippen MR) is 255 cm³/mol. The van der Waals surface area contributed by atoms with Gasteiger partial charge in [0.25, 0.3) is 0 Å². The van der Waals surface area contributed by atoms with Gasteiger partial charge in [0, 0.05) is 33.2 Å². The van der Waals surface area contributed by atoms with Gasteiger partial charge >= 0.3 is 0 Å². The minimum atomic E-state index is -0.442. The third kappa shape index (κ3) is 4.79. The van der Waals surface area contributed by atoms with Crippen molar-refractivity contribution in [2.75, 3.05) is 4.90 Å². The van der Waals surface area contributed by atoms with Gasteiger partial charge in [0.05, 0.1) is 22.1 Å². The molecule has 2 heteroatoms. The second-order valence-corrected chi connectivity index (χ2v) is 16.4. The van der Waals surface area contributed by atoms with E-state index in [2.05, 4.69) is 240 Å². The highest BCUT2D eigenvalue weighted by Crippen LogP contribution is 2.63. The lowest BCUT2D eigenvalue weighted by molar-refractivity contribution is 0.793. The summed E-state index contributed by atoms with van der Waals surface area (Å²) < 4.78 is 2.47. The first-order chi connectivity index (χ1) is 30.3. The number of nitrogens with zero attached hydrogens (tertiary/aromatic N) is 2. The maximum atomic E-state index is 2.49. The highest BCUT2D eigenvalue weighted by molar-refractivity contribution is 6.12. The molecule has 11 aromatic rings. The van der Waals surface area contributed by atoms with Gasteiger partial charge in [-0.3, -0.25) is 0 Å². The minimum Gasteiger partial charge on any atom is -0.310 e. The Morgan fingerprint density at radius 2 is 0.820 bits per heavy atom. The maximum Gasteiger partial charge on any atom is 0.0726 e. The van der Waals surface area contributed by atoms with Crippen LogP contribution in [0.25, 0.3) is 71.6 Å². The molecule has 10 aromatic carbocycles. The molecule has 1 spiro atoms. The van der Waals surface area contributed by atoms with E-state index in [-0.39, 0.29) is 0 Å². The summed E-state index contributed by atoms with van der Waals surface area (Å²) in [5, 5.41) is 4.93. The first kappa shape index (κ1) is 34.0. The molecule has 0 N–H and O–H groups in total. The van der Waals surface area contributed by atoms with Crippen LogP contribution in [-0.4, -0.2) is 4.57 Å². The Labute approximate surface area is 354 Å². The van der Waals surface area contributed by atoms with Gasteiger partial charge in [0.2, 0.25) is 0 Å². The van der Waals surface area contributed by atoms with E-state index in [0.29, 0.717) is 0 Å². The van der Waals surface area contributed by atoms with Gasteiger partial charge in [-0.1, -0.05) is 182 Å². The highest BCUT2D eigenvalue weighted by atomic mass is 15.1. The van der Waals surface area contributed by atoms with Gasteiger partial charge in [-0.05, 0) is 110 Å². The van der Waals surface area contributed by atoms with E-state index in [1.165, 1.54) is 93.9 Å². The number of anilines is 3. The van der Waals surface area contributed by atoms with Gasteiger partial charge in [-0.2, -0.15) is 0 Å². The van der Waals surface area contributed by atoms with Crippen molar-refractivity contribution in [1.82, 2.24) is 4.57 Å². The molecular formula is C59H38N2. The number of benzene rings is 10. The number of para-hydroxylation sites is 1. The summed E-state index contributed by atoms with van der Waals surface area (Å²) in [6.45, 7) is 0. The third-order valence-corrected chi connectivity index (χ3v) is 13.4. The molecule has 13 rings (SSSR count). The first-order valence-corrected chi connectivity index (χ1v) is 21.2. The molecule has 0 saturated heterocycles. The fourth-order valence-electron chi connectivity index (χ4n) is 10.9. The number of rotatable bonds is 5. The smallest absolute Gasteiger partial charge is 0.0726 e. The van der Waals surface area contributed by atoms with Gasteiger partial charge in [-0.25, -0.2) is 0 Å². The van der Waals surface area contributed by atoms with Crippen molar-refractivity contribution >= 4 is 49.6 Å². The fraction of sp³-hybridized carbons (Fsp3) is 0.0169. The lowest BCUT2D eigenvalue weighted by Crippen LogP contribution is -2.26. The molecule has 0 bridgehead atoms. The molecule has 0 amide bonds. The van der Waals surface area contributed by atoms with Crippen molar-refractivity contribution in [3.8, 4) is 39.1 Å². The Morgan fingerprint density at radius 3 is 1.54 bits per heavy atom. The molecule has 0 atom stereocenters. The van der Waals surface area contributed by atoms with Crippen LogP contribution in [0.2, 0.25) is 0 Å². The Balaban J connectivity index is 1.08. The van der Waals surface area contributed by atoms with E-state index in [4.69, 9.17) is 0 Å². The van der Waals surface area contributed by atoms with Crippen LogP contribution in [0.3, 0.4) is 0 Å². The summed E-state index contributed by atoms with van der Waals surface area (Å²) in [5.41, 5.74) is 19.4. The number of hydrogen-bond acceptors (Lipinski definition) is 1. The summed E-state index contributed by atoms with van der Waals surface area (Å²) in [6.07, 6.45) is 0. The van der Waals surface area contributed by atoms with Crippen molar-refractivity contribution in [1.29, 1.82) is 0 Å². The van der Waals surface area contributed by atoms with Crippen LogP contribution < -0.4 is 4.90 Å². The number of aromatic nitrogens is 1. The monoisotopic (exact) mass is 774 g/mol. The molecule has 2 aliphatic rings. The quantitative estimate of drug-likeness (QED) is 0.169. The molecule has 284 valence electrons. The molecule has 0 fully saturated rings. The first-order valence-electron chi connectivity index (χ1n) is 21.2. The van der Waals surface area contributed by atoms with Gasteiger partial charge in [-0.15, -0.1) is 0 Å². The van der Waals surface area contributed by atoms with E-state index in [9.17, 15) is 0 Å². The van der Waals surface area contributed by atoms with Crippen LogP contribution in [0.15, 0.2) is 231 Å². The van der Waals surface area contributed by atoms with Crippen LogP contribution in [0, 0.1) is 0 Å². The second-order valence-electron chi connectivity index (χ2n) is 16.4. The van der Waals surface area contributed by atoms with Crippen LogP contribution in [-0.2, 0) is 5.41 Å². The molecule has 0 saturated carbocycles. The SMILES string of the molecule is c1ccc(-c2ccc(N(c3ccc4c(c3)C3(c5ccccc5-c5ccccc53)c3ccccc3-4)c3ccc4c5ccccc5n(-c5cccc6ccccc56)c4c3)cc2)cc1. The van der Waals surface area contributed by atoms with Crippen molar-refractivity contribution in [3.63, 3.8) is 0 Å². The van der Waals surface area contributed by atoms with E-state index in [0.717, 1.165) is 17.1 Å². The zero-order valence-electron chi connectivity index (χ0n) is 33.3. The molecule has 1 aromatic heterocycles. The Kier molecular flexibility index (Phi) is 7.26. The van der Waals surface area contributed by atoms with Crippen LogP contribution in [0.1, 0.15) is 22.3 Å². The molecular weight excluding hydrogens is 737 g/mol. The lowest BCUT2D eigenvalue weighted by Gasteiger charge is -2.32. The zero-order chi connectivity index (χ0) is 40.1. The summed E-state index contributed by atoms with van der Waals surface area (Å²) in [5.74, 6) is 0. The molecule has 1 heterocycles. The predicted octanol–water partition coefficient (Wildman–Crippen LogP) is 15.4. The standard InChI is InChI=1S/C59H38N2/c1-2-15-39(16-3-1)40-29-31-42(32-30-40)60(44-34-36-51-50-23-9-13-27-57(50)61(58(51)38-44)56-28-14-18-41-17-4-5-19-45(41)56)43-33-35-49-48-22-8-12-26-54(48)59(55(49)37-43)52-24-10-6-20-46(52)47-21-7-11-25-53(47)59/h1-38H. The van der Waals surface area contributed by atoms with Crippen molar-refractivity contribution < 1.29 is 0 Å². The zero-order valence-corrected chi connectivity index (χ0v) is 33.3. The molecule has 2 aliphatic carbocycles. The van der Waals surface area contributed by atoms with Gasteiger partial charge in [0.1, 0.15) is 0 Å². The summed E-state index contributed by atoms with van der Waals surface area (Å²) in [4.78, 5) is 2.46. The Bertz CT molecular complexity index is 3470. The topological polar surface area (TPSA) is 8.17 Å². The van der Waals surface area contributed by atoms with E-state index >= 15 is 0 Å². The van der Waals surface area contributed by atoms with Crippen molar-refractivity contribution in [2.24, 2.45) is 0 Å². The molecule has 0 unspecified atom stereocenters. The van der Waals surface area contributed by atoms with Crippen LogP contribution >= 0.6 is 0 Å². The average Bonchev–Trinajstić information content (AvgIpc) is 3.93. The summed E-state index contributed by atoms with van der Waals surface area (Å²) in [6, 6.07) is 85.3. The summed E-state index contributed by atoms with van der Waals surface area (Å²) >= 11 is 0. The fourth-order valence-corrected chi connectivity index (χ4v) is 10.9. The number of fused-ring (bicyclic) bond motifs is 14. The normalized spacial score (nSPS) is 13.0. The number of hydrogen-bond donors (Lipinski definition) is 0. The minimum absolute atomic E-state index is 0.442. The van der Waals surface area contributed by atoms with E-state index < -0.39 is 5.41 Å². The molecule has 0 radical (unpaired) electrons. The molecule has 2 nitrogen and oxygen atoms in total. The largest absolute Gasteiger partial charge is 0.310 e. The Hall–Kier alpha value is -7.94.